The average Bonchev–Trinajstić information content (AvgIpc) is 3.33. The maximum absolute atomic E-state index is 5.86. The van der Waals surface area contributed by atoms with E-state index in [1.807, 2.05) is 33.0 Å². The fourth-order valence-corrected chi connectivity index (χ4v) is 4.08. The Morgan fingerprint density at radius 2 is 1.88 bits per heavy atom. The van der Waals surface area contributed by atoms with Crippen molar-refractivity contribution >= 4 is 16.7 Å². The molecule has 8 heteroatoms. The van der Waals surface area contributed by atoms with E-state index in [1.165, 1.54) is 5.56 Å². The maximum atomic E-state index is 5.86. The molecule has 0 radical (unpaired) electrons. The van der Waals surface area contributed by atoms with Crippen LogP contribution in [0.1, 0.15) is 44.9 Å². The number of hydrogen-bond acceptors (Lipinski definition) is 7. The second-order valence-corrected chi connectivity index (χ2v) is 8.20. The van der Waals surface area contributed by atoms with E-state index < -0.39 is 0 Å². The van der Waals surface area contributed by atoms with Gasteiger partial charge in [0.05, 0.1) is 42.7 Å². The zero-order valence-electron chi connectivity index (χ0n) is 20.6. The summed E-state index contributed by atoms with van der Waals surface area (Å²) in [6.45, 7) is 13.2. The molecule has 34 heavy (non-hydrogen) atoms. The van der Waals surface area contributed by atoms with Crippen LogP contribution >= 0.6 is 0 Å². The van der Waals surface area contributed by atoms with E-state index in [9.17, 15) is 0 Å². The normalized spacial score (nSPS) is 14.2. The molecule has 1 saturated heterocycles. The van der Waals surface area contributed by atoms with Crippen LogP contribution in [0.5, 0.6) is 5.75 Å². The third-order valence-electron chi connectivity index (χ3n) is 5.80. The van der Waals surface area contributed by atoms with E-state index >= 15 is 0 Å². The monoisotopic (exact) mass is 462 g/mol. The summed E-state index contributed by atoms with van der Waals surface area (Å²) in [6.07, 6.45) is 5.66. The third kappa shape index (κ3) is 5.18. The SMILES string of the molecule is CC.CCCCOc1cncc(-c2nnc3c(C)nc4ccc(CN5CCOCC5)cc4n23)c1. The maximum Gasteiger partial charge on any atom is 0.183 e. The van der Waals surface area contributed by atoms with Crippen molar-refractivity contribution < 1.29 is 9.47 Å². The van der Waals surface area contributed by atoms with Gasteiger partial charge in [-0.3, -0.25) is 14.3 Å². The van der Waals surface area contributed by atoms with Crippen LogP contribution in [-0.4, -0.2) is 62.4 Å². The highest BCUT2D eigenvalue weighted by Crippen LogP contribution is 2.27. The molecule has 0 atom stereocenters. The number of aryl methyl sites for hydroxylation is 1. The molecule has 180 valence electrons. The van der Waals surface area contributed by atoms with Gasteiger partial charge in [0.15, 0.2) is 11.5 Å². The number of nitrogens with zero attached hydrogens (tertiary/aromatic N) is 6. The topological polar surface area (TPSA) is 77.7 Å². The fraction of sp³-hybridized carbons (Fsp3) is 0.462. The van der Waals surface area contributed by atoms with Gasteiger partial charge in [-0.25, -0.2) is 4.98 Å². The highest BCUT2D eigenvalue weighted by atomic mass is 16.5. The highest BCUT2D eigenvalue weighted by molar-refractivity contribution is 5.81. The number of aromatic nitrogens is 5. The van der Waals surface area contributed by atoms with Crippen molar-refractivity contribution in [1.29, 1.82) is 0 Å². The highest BCUT2D eigenvalue weighted by Gasteiger charge is 2.17. The van der Waals surface area contributed by atoms with Crippen LogP contribution in [-0.2, 0) is 11.3 Å². The molecule has 0 unspecified atom stereocenters. The van der Waals surface area contributed by atoms with Crippen molar-refractivity contribution in [3.05, 3.63) is 47.9 Å². The first-order valence-corrected chi connectivity index (χ1v) is 12.3. The third-order valence-corrected chi connectivity index (χ3v) is 5.80. The Bertz CT molecular complexity index is 1230. The van der Waals surface area contributed by atoms with Crippen molar-refractivity contribution in [2.24, 2.45) is 0 Å². The first-order valence-electron chi connectivity index (χ1n) is 12.3. The van der Waals surface area contributed by atoms with E-state index in [0.29, 0.717) is 6.61 Å². The summed E-state index contributed by atoms with van der Waals surface area (Å²) in [7, 11) is 0. The molecule has 1 fully saturated rings. The lowest BCUT2D eigenvalue weighted by molar-refractivity contribution is 0.0342. The Balaban J connectivity index is 0.00000133. The van der Waals surface area contributed by atoms with Crippen molar-refractivity contribution in [2.75, 3.05) is 32.9 Å². The molecule has 0 spiro atoms. The van der Waals surface area contributed by atoms with Gasteiger partial charge in [0, 0.05) is 31.4 Å². The first kappa shape index (κ1) is 24.0. The Hall–Kier alpha value is -3.10. The van der Waals surface area contributed by atoms with Gasteiger partial charge in [-0.2, -0.15) is 0 Å². The lowest BCUT2D eigenvalue weighted by Crippen LogP contribution is -2.35. The van der Waals surface area contributed by atoms with Gasteiger partial charge in [0.2, 0.25) is 0 Å². The number of morpholine rings is 1. The summed E-state index contributed by atoms with van der Waals surface area (Å²) in [6, 6.07) is 8.43. The quantitative estimate of drug-likeness (QED) is 0.369. The van der Waals surface area contributed by atoms with Crippen molar-refractivity contribution in [3.63, 3.8) is 0 Å². The van der Waals surface area contributed by atoms with Crippen LogP contribution < -0.4 is 4.74 Å². The van der Waals surface area contributed by atoms with Crippen LogP contribution in [0.25, 0.3) is 28.1 Å². The number of ether oxygens (including phenoxy) is 2. The molecule has 5 rings (SSSR count). The summed E-state index contributed by atoms with van der Waals surface area (Å²) in [5, 5.41) is 8.96. The van der Waals surface area contributed by atoms with E-state index in [1.54, 1.807) is 6.20 Å². The first-order chi connectivity index (χ1) is 16.7. The molecule has 0 bridgehead atoms. The smallest absolute Gasteiger partial charge is 0.183 e. The number of unbranched alkanes of at least 4 members (excludes halogenated alkanes) is 1. The molecule has 0 aliphatic carbocycles. The molecular weight excluding hydrogens is 428 g/mol. The van der Waals surface area contributed by atoms with Crippen LogP contribution in [0.3, 0.4) is 0 Å². The molecule has 1 aliphatic rings. The van der Waals surface area contributed by atoms with E-state index in [4.69, 9.17) is 14.5 Å². The Morgan fingerprint density at radius 3 is 2.68 bits per heavy atom. The summed E-state index contributed by atoms with van der Waals surface area (Å²) >= 11 is 0. The molecule has 1 aromatic carbocycles. The summed E-state index contributed by atoms with van der Waals surface area (Å²) in [4.78, 5) is 11.6. The minimum Gasteiger partial charge on any atom is -0.492 e. The summed E-state index contributed by atoms with van der Waals surface area (Å²) in [5.74, 6) is 1.49. The average molecular weight is 463 g/mol. The minimum atomic E-state index is 0.680. The second-order valence-electron chi connectivity index (χ2n) is 8.20. The molecule has 4 aromatic rings. The summed E-state index contributed by atoms with van der Waals surface area (Å²) in [5.41, 5.74) is 5.63. The van der Waals surface area contributed by atoms with Crippen LogP contribution in [0.15, 0.2) is 36.7 Å². The Kier molecular flexibility index (Phi) is 8.03. The van der Waals surface area contributed by atoms with Gasteiger partial charge in [0.25, 0.3) is 0 Å². The minimum absolute atomic E-state index is 0.680. The number of hydrogen-bond donors (Lipinski definition) is 0. The van der Waals surface area contributed by atoms with Gasteiger partial charge in [-0.15, -0.1) is 10.2 Å². The second kappa shape index (κ2) is 11.4. The van der Waals surface area contributed by atoms with Crippen molar-refractivity contribution in [2.45, 2.75) is 47.1 Å². The zero-order chi connectivity index (χ0) is 23.9. The molecule has 3 aromatic heterocycles. The predicted octanol–water partition coefficient (Wildman–Crippen LogP) is 4.69. The number of rotatable bonds is 7. The molecule has 4 heterocycles. The Labute approximate surface area is 201 Å². The Morgan fingerprint density at radius 1 is 1.06 bits per heavy atom. The van der Waals surface area contributed by atoms with Gasteiger partial charge < -0.3 is 9.47 Å². The fourth-order valence-electron chi connectivity index (χ4n) is 4.08. The van der Waals surface area contributed by atoms with Crippen molar-refractivity contribution in [1.82, 2.24) is 29.5 Å². The van der Waals surface area contributed by atoms with Gasteiger partial charge >= 0.3 is 0 Å². The molecule has 0 amide bonds. The van der Waals surface area contributed by atoms with Gasteiger partial charge in [0.1, 0.15) is 5.75 Å². The van der Waals surface area contributed by atoms with Crippen LogP contribution in [0.4, 0.5) is 0 Å². The lowest BCUT2D eigenvalue weighted by Gasteiger charge is -2.26. The lowest BCUT2D eigenvalue weighted by atomic mass is 10.1. The van der Waals surface area contributed by atoms with Crippen LogP contribution in [0.2, 0.25) is 0 Å². The molecule has 1 aliphatic heterocycles. The van der Waals surface area contributed by atoms with E-state index in [-0.39, 0.29) is 0 Å². The van der Waals surface area contributed by atoms with Crippen molar-refractivity contribution in [3.8, 4) is 17.1 Å². The largest absolute Gasteiger partial charge is 0.492 e. The number of pyridine rings is 1. The zero-order valence-corrected chi connectivity index (χ0v) is 20.6. The molecule has 0 saturated carbocycles. The van der Waals surface area contributed by atoms with Gasteiger partial charge in [-0.1, -0.05) is 33.3 Å². The van der Waals surface area contributed by atoms with Crippen LogP contribution in [0, 0.1) is 6.92 Å². The molecule has 0 N–H and O–H groups in total. The molecular formula is C26H34N6O2. The molecule has 8 nitrogen and oxygen atoms in total. The standard InChI is InChI=1S/C24H28N6O2.C2H6/c1-3-4-9-32-20-13-19(14-25-15-20)24-28-27-23-17(2)26-21-6-5-18(12-22(21)30(23)24)16-29-7-10-31-11-8-29;1-2/h5-6,12-15H,3-4,7-11,16H2,1-2H3;1-2H3. The predicted molar refractivity (Wildman–Crippen MR) is 134 cm³/mol. The van der Waals surface area contributed by atoms with E-state index in [2.05, 4.69) is 49.6 Å². The number of benzene rings is 1. The van der Waals surface area contributed by atoms with Gasteiger partial charge in [-0.05, 0) is 37.1 Å². The van der Waals surface area contributed by atoms with E-state index in [0.717, 1.165) is 85.2 Å². The number of fused-ring (bicyclic) bond motifs is 3. The summed E-state index contributed by atoms with van der Waals surface area (Å²) < 4.78 is 13.4.